The van der Waals surface area contributed by atoms with E-state index in [0.717, 1.165) is 5.56 Å². The van der Waals surface area contributed by atoms with Gasteiger partial charge in [-0.25, -0.2) is 9.48 Å². The average Bonchev–Trinajstić information content (AvgIpc) is 3.45. The first kappa shape index (κ1) is 27.3. The molecule has 2 saturated heterocycles. The van der Waals surface area contributed by atoms with Gasteiger partial charge in [-0.2, -0.15) is 0 Å². The van der Waals surface area contributed by atoms with Crippen LogP contribution in [0.4, 0.5) is 0 Å². The summed E-state index contributed by atoms with van der Waals surface area (Å²) in [5, 5.41) is 24.6. The first-order chi connectivity index (χ1) is 17.3. The number of nitrogens with zero attached hydrogens (tertiary/aromatic N) is 6. The number of hydrogen-bond donors (Lipinski definition) is 2. The van der Waals surface area contributed by atoms with Gasteiger partial charge in [-0.3, -0.25) is 19.3 Å². The number of carboxylic acids is 1. The van der Waals surface area contributed by atoms with E-state index in [1.165, 1.54) is 28.3 Å². The van der Waals surface area contributed by atoms with Crippen molar-refractivity contribution in [3.63, 3.8) is 0 Å². The van der Waals surface area contributed by atoms with E-state index >= 15 is 0 Å². The molecule has 1 aromatic heterocycles. The molecular weight excluding hydrogens is 509 g/mol. The van der Waals surface area contributed by atoms with Gasteiger partial charge >= 0.3 is 35.5 Å². The third-order valence-electron chi connectivity index (χ3n) is 6.80. The van der Waals surface area contributed by atoms with Gasteiger partial charge in [-0.05, 0) is 34.4 Å². The predicted molar refractivity (Wildman–Crippen MR) is 133 cm³/mol. The van der Waals surface area contributed by atoms with E-state index in [9.17, 15) is 24.3 Å². The van der Waals surface area contributed by atoms with E-state index < -0.39 is 12.0 Å². The van der Waals surface area contributed by atoms with E-state index in [0.29, 0.717) is 36.7 Å². The molecule has 2 aromatic rings. The number of likely N-dealkylation sites (tertiary alicyclic amines) is 1. The quantitative estimate of drug-likeness (QED) is 0.241. The van der Waals surface area contributed by atoms with Crippen molar-refractivity contribution in [2.45, 2.75) is 43.6 Å². The second-order valence-electron chi connectivity index (χ2n) is 9.03. The molecule has 2 fully saturated rings. The van der Waals surface area contributed by atoms with Crippen molar-refractivity contribution in [2.24, 2.45) is 5.92 Å². The summed E-state index contributed by atoms with van der Waals surface area (Å²) in [7, 11) is 0. The molecule has 0 unspecified atom stereocenters. The number of β-lactam (4-membered cyclic amide) rings is 1. The van der Waals surface area contributed by atoms with E-state index in [-0.39, 0.29) is 77.2 Å². The zero-order valence-corrected chi connectivity index (χ0v) is 20.3. The molecule has 14 heteroatoms. The second kappa shape index (κ2) is 11.3. The number of carbonyl (C=O) groups excluding carboxylic acids is 3. The third kappa shape index (κ3) is 5.31. The average molecular weight is 536 g/mol. The Morgan fingerprint density at radius 3 is 2.68 bits per heavy atom. The van der Waals surface area contributed by atoms with Crippen molar-refractivity contribution in [1.82, 2.24) is 35.3 Å². The van der Waals surface area contributed by atoms with Gasteiger partial charge in [0.15, 0.2) is 0 Å². The van der Waals surface area contributed by atoms with Crippen LogP contribution >= 0.6 is 11.8 Å². The molecule has 3 aliphatic heterocycles. The Bertz CT molecular complexity index is 1250. The van der Waals surface area contributed by atoms with Gasteiger partial charge in [0.25, 0.3) is 5.91 Å². The topological polar surface area (TPSA) is 151 Å². The predicted octanol–water partition coefficient (Wildman–Crippen LogP) is -0.724. The Morgan fingerprint density at radius 1 is 1.22 bits per heavy atom. The molecule has 37 heavy (non-hydrogen) atoms. The van der Waals surface area contributed by atoms with Gasteiger partial charge in [-0.1, -0.05) is 42.1 Å². The summed E-state index contributed by atoms with van der Waals surface area (Å²) in [6, 6.07) is 8.96. The second-order valence-corrected chi connectivity index (χ2v) is 9.97. The Balaban J connectivity index is 0.00000320. The number of carbonyl (C=O) groups is 4. The van der Waals surface area contributed by atoms with Gasteiger partial charge in [0.05, 0.1) is 6.04 Å². The zero-order valence-electron chi connectivity index (χ0n) is 19.5. The Morgan fingerprint density at radius 2 is 1.97 bits per heavy atom. The van der Waals surface area contributed by atoms with E-state index in [2.05, 4.69) is 20.8 Å². The minimum atomic E-state index is -1.17. The van der Waals surface area contributed by atoms with Crippen molar-refractivity contribution >= 4 is 65.0 Å². The molecule has 12 nitrogen and oxygen atoms in total. The summed E-state index contributed by atoms with van der Waals surface area (Å²) >= 11 is 1.21. The van der Waals surface area contributed by atoms with Crippen LogP contribution in [0.15, 0.2) is 46.8 Å². The van der Waals surface area contributed by atoms with Crippen molar-refractivity contribution in [3.8, 4) is 0 Å². The summed E-state index contributed by atoms with van der Waals surface area (Å²) in [5.74, 6) is -1.71. The maximum absolute atomic E-state index is 12.8. The number of aliphatic carboxylic acids is 1. The Labute approximate surface area is 239 Å². The molecule has 0 radical (unpaired) electrons. The summed E-state index contributed by atoms with van der Waals surface area (Å²) in [4.78, 5) is 52.1. The van der Waals surface area contributed by atoms with Crippen LogP contribution in [0, 0.1) is 5.92 Å². The van der Waals surface area contributed by atoms with Crippen LogP contribution in [-0.2, 0) is 32.1 Å². The van der Waals surface area contributed by atoms with Gasteiger partial charge in [0, 0.05) is 31.7 Å². The molecule has 5 rings (SSSR count). The van der Waals surface area contributed by atoms with E-state index in [1.54, 1.807) is 4.90 Å². The van der Waals surface area contributed by atoms with Crippen molar-refractivity contribution in [2.75, 3.05) is 18.8 Å². The molecule has 1 aromatic carbocycles. The van der Waals surface area contributed by atoms with Gasteiger partial charge < -0.3 is 15.3 Å². The van der Waals surface area contributed by atoms with Gasteiger partial charge in [0.1, 0.15) is 18.3 Å². The molecule has 3 aliphatic rings. The number of nitrogens with one attached hydrogen (secondary N) is 1. The molecule has 2 N–H and O–H groups in total. The molecule has 0 spiro atoms. The fourth-order valence-corrected chi connectivity index (χ4v) is 6.12. The number of aromatic nitrogens is 4. The number of benzene rings is 1. The molecule has 3 amide bonds. The van der Waals surface area contributed by atoms with Crippen LogP contribution in [0.2, 0.25) is 0 Å². The molecular formula is C23H26N7NaO5S. The Kier molecular flexibility index (Phi) is 8.36. The molecule has 4 heterocycles. The first-order valence-electron chi connectivity index (χ1n) is 11.6. The van der Waals surface area contributed by atoms with Gasteiger partial charge in [-0.15, -0.1) is 5.10 Å². The van der Waals surface area contributed by atoms with E-state index in [1.807, 2.05) is 30.3 Å². The fourth-order valence-electron chi connectivity index (χ4n) is 5.22. The number of hydrogen-bond acceptors (Lipinski definition) is 8. The van der Waals surface area contributed by atoms with Crippen LogP contribution in [-0.4, -0.2) is 119 Å². The number of carboxylic acid groups (broad SMARTS) is 1. The molecule has 0 bridgehead atoms. The monoisotopic (exact) mass is 535 g/mol. The molecule has 3 atom stereocenters. The van der Waals surface area contributed by atoms with Crippen LogP contribution in [0.25, 0.3) is 0 Å². The summed E-state index contributed by atoms with van der Waals surface area (Å²) in [6.45, 7) is 2.26. The van der Waals surface area contributed by atoms with Crippen molar-refractivity contribution < 1.29 is 24.3 Å². The summed E-state index contributed by atoms with van der Waals surface area (Å²) in [5.41, 5.74) is 1.69. The number of amides is 3. The third-order valence-corrected chi connectivity index (χ3v) is 7.84. The minimum absolute atomic E-state index is 0. The van der Waals surface area contributed by atoms with Crippen LogP contribution in [0.5, 0.6) is 0 Å². The number of rotatable bonds is 9. The normalized spacial score (nSPS) is 21.8. The SMILES string of the molecule is CC(=O)N1C[C@H]2CC(CSc3nnnn3CC(=O)NCCc3ccccc3)=C(C(=O)O)N3C(=O)[C@@H]1[C@@H]23.[NaH]. The van der Waals surface area contributed by atoms with Crippen LogP contribution in [0.1, 0.15) is 18.9 Å². The molecule has 0 saturated carbocycles. The van der Waals surface area contributed by atoms with Crippen LogP contribution in [0.3, 0.4) is 0 Å². The number of thioether (sulfide) groups is 1. The molecule has 0 aliphatic carbocycles. The fraction of sp³-hybridized carbons (Fsp3) is 0.435. The van der Waals surface area contributed by atoms with Crippen molar-refractivity contribution in [3.05, 3.63) is 47.2 Å². The summed E-state index contributed by atoms with van der Waals surface area (Å²) in [6.07, 6.45) is 1.17. The number of tetrazole rings is 1. The first-order valence-corrected chi connectivity index (χ1v) is 12.6. The zero-order chi connectivity index (χ0) is 25.4. The molecule has 190 valence electrons. The Hall–Kier alpha value is -2.74. The summed E-state index contributed by atoms with van der Waals surface area (Å²) < 4.78 is 1.37. The maximum atomic E-state index is 12.8. The van der Waals surface area contributed by atoms with Gasteiger partial charge in [0.2, 0.25) is 17.0 Å². The standard InChI is InChI=1S/C23H25N7O5S.Na.H/c1-13(31)28-10-15-9-16(19(22(34)35)30-18(15)20(28)21(30)33)12-36-23-25-26-27-29(23)11-17(32)24-8-7-14-5-3-2-4-6-14;;/h2-6,15,18,20H,7-12H2,1H3,(H,24,32)(H,34,35);;/t15-,18-,20+;;/m1../s1. The van der Waals surface area contributed by atoms with Crippen molar-refractivity contribution in [1.29, 1.82) is 0 Å². The van der Waals surface area contributed by atoms with E-state index in [4.69, 9.17) is 0 Å². The van der Waals surface area contributed by atoms with Crippen LogP contribution < -0.4 is 5.32 Å².